The summed E-state index contributed by atoms with van der Waals surface area (Å²) >= 11 is 0. The van der Waals surface area contributed by atoms with Crippen molar-refractivity contribution in [3.63, 3.8) is 0 Å². The Morgan fingerprint density at radius 2 is 1.95 bits per heavy atom. The summed E-state index contributed by atoms with van der Waals surface area (Å²) in [6.07, 6.45) is -0.749. The van der Waals surface area contributed by atoms with Crippen molar-refractivity contribution in [2.45, 2.75) is 25.2 Å². The van der Waals surface area contributed by atoms with Crippen molar-refractivity contribution >= 4 is 5.97 Å². The van der Waals surface area contributed by atoms with Gasteiger partial charge in [0.05, 0.1) is 12.2 Å². The van der Waals surface area contributed by atoms with Crippen LogP contribution in [0.15, 0.2) is 24.3 Å². The minimum absolute atomic E-state index is 0.352. The van der Waals surface area contributed by atoms with E-state index in [0.717, 1.165) is 12.1 Å². The number of aliphatic hydroxyl groups is 2. The number of ether oxygens (including phenoxy) is 1. The maximum Gasteiger partial charge on any atom is 0.341 e. The van der Waals surface area contributed by atoms with E-state index < -0.39 is 18.2 Å². The van der Waals surface area contributed by atoms with E-state index in [2.05, 4.69) is 4.90 Å². The number of aliphatic carboxylic acids is 1. The van der Waals surface area contributed by atoms with Crippen LogP contribution in [0.25, 0.3) is 0 Å². The first kappa shape index (κ1) is 14.8. The summed E-state index contributed by atoms with van der Waals surface area (Å²) in [5, 5.41) is 27.6. The summed E-state index contributed by atoms with van der Waals surface area (Å²) < 4.78 is 5.06. The highest BCUT2D eigenvalue weighted by atomic mass is 16.5. The lowest BCUT2D eigenvalue weighted by atomic mass is 10.0. The second-order valence-electron chi connectivity index (χ2n) is 4.98. The molecule has 1 aromatic rings. The first-order valence-electron chi connectivity index (χ1n) is 6.56. The highest BCUT2D eigenvalue weighted by Crippen LogP contribution is 2.17. The number of carbonyl (C=O) groups is 1. The molecule has 0 bridgehead atoms. The average molecular weight is 281 g/mol. The molecule has 0 saturated carbocycles. The van der Waals surface area contributed by atoms with E-state index in [0.29, 0.717) is 25.3 Å². The quantitative estimate of drug-likeness (QED) is 0.708. The zero-order valence-corrected chi connectivity index (χ0v) is 11.1. The minimum atomic E-state index is -1.00. The number of rotatable bonds is 5. The van der Waals surface area contributed by atoms with Gasteiger partial charge in [-0.3, -0.25) is 4.90 Å². The topological polar surface area (TPSA) is 90.2 Å². The third-order valence-electron chi connectivity index (χ3n) is 3.32. The predicted molar refractivity (Wildman–Crippen MR) is 71.5 cm³/mol. The molecule has 6 heteroatoms. The number of hydrogen-bond acceptors (Lipinski definition) is 5. The molecule has 1 fully saturated rings. The van der Waals surface area contributed by atoms with Crippen LogP contribution in [0.5, 0.6) is 5.75 Å². The molecular weight excluding hydrogens is 262 g/mol. The molecule has 2 atom stereocenters. The molecule has 110 valence electrons. The molecule has 1 aliphatic heterocycles. The van der Waals surface area contributed by atoms with E-state index >= 15 is 0 Å². The molecule has 0 amide bonds. The zero-order valence-electron chi connectivity index (χ0n) is 11.1. The SMILES string of the molecule is O=C(O)COc1ccc(CN2CC[C@@H](O)[C@H](O)C2)cc1. The van der Waals surface area contributed by atoms with Gasteiger partial charge in [0.15, 0.2) is 6.61 Å². The van der Waals surface area contributed by atoms with Gasteiger partial charge in [-0.25, -0.2) is 4.79 Å². The van der Waals surface area contributed by atoms with E-state index in [1.54, 1.807) is 12.1 Å². The minimum Gasteiger partial charge on any atom is -0.482 e. The molecule has 3 N–H and O–H groups in total. The Kier molecular flexibility index (Phi) is 4.94. The molecule has 1 saturated heterocycles. The van der Waals surface area contributed by atoms with Gasteiger partial charge < -0.3 is 20.1 Å². The number of nitrogens with zero attached hydrogens (tertiary/aromatic N) is 1. The Morgan fingerprint density at radius 1 is 1.25 bits per heavy atom. The third kappa shape index (κ3) is 4.19. The molecule has 0 aromatic heterocycles. The van der Waals surface area contributed by atoms with Crippen molar-refractivity contribution in [3.05, 3.63) is 29.8 Å². The lowest BCUT2D eigenvalue weighted by molar-refractivity contribution is -0.139. The molecular formula is C14H19NO5. The van der Waals surface area contributed by atoms with Crippen LogP contribution in [-0.2, 0) is 11.3 Å². The van der Waals surface area contributed by atoms with Gasteiger partial charge in [0.2, 0.25) is 0 Å². The standard InChI is InChI=1S/C14H19NO5/c16-12-5-6-15(8-13(12)17)7-10-1-3-11(4-2-10)20-9-14(18)19/h1-4,12-13,16-17H,5-9H2,(H,18,19)/t12-,13-/m1/s1. The number of β-amino-alcohol motifs (C(OH)–C–C–N with tert-alkyl or cyclic N) is 1. The molecule has 1 heterocycles. The molecule has 20 heavy (non-hydrogen) atoms. The van der Waals surface area contributed by atoms with Crippen molar-refractivity contribution in [2.75, 3.05) is 19.7 Å². The Balaban J connectivity index is 1.86. The van der Waals surface area contributed by atoms with Crippen LogP contribution in [0.2, 0.25) is 0 Å². The summed E-state index contributed by atoms with van der Waals surface area (Å²) in [5.74, 6) is -0.486. The highest BCUT2D eigenvalue weighted by Gasteiger charge is 2.25. The van der Waals surface area contributed by atoms with Crippen molar-refractivity contribution in [1.82, 2.24) is 4.90 Å². The summed E-state index contributed by atoms with van der Waals surface area (Å²) in [7, 11) is 0. The first-order valence-corrected chi connectivity index (χ1v) is 6.56. The summed E-state index contributed by atoms with van der Waals surface area (Å²) in [5.41, 5.74) is 1.05. The zero-order chi connectivity index (χ0) is 14.5. The smallest absolute Gasteiger partial charge is 0.341 e. The third-order valence-corrected chi connectivity index (χ3v) is 3.32. The largest absolute Gasteiger partial charge is 0.482 e. The number of piperidine rings is 1. The average Bonchev–Trinajstić information content (AvgIpc) is 2.42. The van der Waals surface area contributed by atoms with Crippen molar-refractivity contribution < 1.29 is 24.9 Å². The lowest BCUT2D eigenvalue weighted by Gasteiger charge is -2.33. The Bertz CT molecular complexity index is 447. The predicted octanol–water partition coefficient (Wildman–Crippen LogP) is 0.0775. The Labute approximate surface area is 117 Å². The summed E-state index contributed by atoms with van der Waals surface area (Å²) in [4.78, 5) is 12.5. The molecule has 1 aliphatic rings. The molecule has 0 spiro atoms. The van der Waals surface area contributed by atoms with Gasteiger partial charge in [0.25, 0.3) is 0 Å². The first-order chi connectivity index (χ1) is 9.54. The van der Waals surface area contributed by atoms with E-state index in [1.807, 2.05) is 12.1 Å². The fraction of sp³-hybridized carbons (Fsp3) is 0.500. The van der Waals surface area contributed by atoms with E-state index in [9.17, 15) is 15.0 Å². The Hall–Kier alpha value is -1.63. The maximum atomic E-state index is 10.4. The van der Waals surface area contributed by atoms with Gasteiger partial charge in [-0.1, -0.05) is 12.1 Å². The molecule has 2 rings (SSSR count). The van der Waals surface area contributed by atoms with Gasteiger partial charge in [0.1, 0.15) is 5.75 Å². The fourth-order valence-corrected chi connectivity index (χ4v) is 2.22. The van der Waals surface area contributed by atoms with Gasteiger partial charge in [0, 0.05) is 19.6 Å². The van der Waals surface area contributed by atoms with Gasteiger partial charge >= 0.3 is 5.97 Å². The molecule has 6 nitrogen and oxygen atoms in total. The molecule has 0 radical (unpaired) electrons. The second kappa shape index (κ2) is 6.69. The van der Waals surface area contributed by atoms with Gasteiger partial charge in [-0.05, 0) is 24.1 Å². The summed E-state index contributed by atoms with van der Waals surface area (Å²) in [6.45, 7) is 1.53. The normalized spacial score (nSPS) is 23.5. The van der Waals surface area contributed by atoms with E-state index in [4.69, 9.17) is 9.84 Å². The number of hydrogen-bond donors (Lipinski definition) is 3. The number of benzene rings is 1. The van der Waals surface area contributed by atoms with Crippen LogP contribution in [0.1, 0.15) is 12.0 Å². The molecule has 1 aromatic carbocycles. The monoisotopic (exact) mass is 281 g/mol. The van der Waals surface area contributed by atoms with Crippen molar-refractivity contribution in [2.24, 2.45) is 0 Å². The van der Waals surface area contributed by atoms with Crippen molar-refractivity contribution in [3.8, 4) is 5.75 Å². The number of aliphatic hydroxyl groups excluding tert-OH is 2. The van der Waals surface area contributed by atoms with Crippen LogP contribution < -0.4 is 4.74 Å². The van der Waals surface area contributed by atoms with Crippen LogP contribution >= 0.6 is 0 Å². The van der Waals surface area contributed by atoms with E-state index in [-0.39, 0.29) is 6.61 Å². The van der Waals surface area contributed by atoms with Crippen LogP contribution in [0.3, 0.4) is 0 Å². The molecule has 0 unspecified atom stereocenters. The highest BCUT2D eigenvalue weighted by molar-refractivity contribution is 5.68. The Morgan fingerprint density at radius 3 is 2.55 bits per heavy atom. The lowest BCUT2D eigenvalue weighted by Crippen LogP contribution is -2.46. The maximum absolute atomic E-state index is 10.4. The van der Waals surface area contributed by atoms with Gasteiger partial charge in [-0.2, -0.15) is 0 Å². The van der Waals surface area contributed by atoms with Gasteiger partial charge in [-0.15, -0.1) is 0 Å². The second-order valence-corrected chi connectivity index (χ2v) is 4.98. The fourth-order valence-electron chi connectivity index (χ4n) is 2.22. The van der Waals surface area contributed by atoms with E-state index in [1.165, 1.54) is 0 Å². The number of carboxylic acid groups (broad SMARTS) is 1. The van der Waals surface area contributed by atoms with Crippen molar-refractivity contribution in [1.29, 1.82) is 0 Å². The van der Waals surface area contributed by atoms with Crippen LogP contribution in [-0.4, -0.2) is 58.1 Å². The van der Waals surface area contributed by atoms with Crippen LogP contribution in [0.4, 0.5) is 0 Å². The summed E-state index contributed by atoms with van der Waals surface area (Å²) in [6, 6.07) is 7.20. The number of carboxylic acids is 1. The number of likely N-dealkylation sites (tertiary alicyclic amines) is 1. The molecule has 0 aliphatic carbocycles. The van der Waals surface area contributed by atoms with Crippen LogP contribution in [0, 0.1) is 0 Å².